The summed E-state index contributed by atoms with van der Waals surface area (Å²) >= 11 is 0. The number of alkyl halides is 3. The zero-order valence-corrected chi connectivity index (χ0v) is 10.1. The molecule has 98 valence electrons. The van der Waals surface area contributed by atoms with Crippen molar-refractivity contribution in [2.75, 3.05) is 0 Å². The summed E-state index contributed by atoms with van der Waals surface area (Å²) in [5, 5.41) is 0. The van der Waals surface area contributed by atoms with Crippen LogP contribution in [0.1, 0.15) is 25.2 Å². The van der Waals surface area contributed by atoms with E-state index in [0.29, 0.717) is 23.3 Å². The SMILES string of the molecule is CC(C)(N)Cc1nc2ccc(C(F)(F)F)cc2[nH]1. The summed E-state index contributed by atoms with van der Waals surface area (Å²) in [5.41, 5.74) is 5.60. The van der Waals surface area contributed by atoms with Crippen LogP contribution in [0.15, 0.2) is 18.2 Å². The molecule has 0 saturated heterocycles. The van der Waals surface area contributed by atoms with E-state index >= 15 is 0 Å². The zero-order valence-electron chi connectivity index (χ0n) is 10.1. The number of benzene rings is 1. The van der Waals surface area contributed by atoms with Gasteiger partial charge in [0.2, 0.25) is 0 Å². The second-order valence-corrected chi connectivity index (χ2v) is 5.08. The fourth-order valence-corrected chi connectivity index (χ4v) is 1.75. The molecule has 2 rings (SSSR count). The van der Waals surface area contributed by atoms with Gasteiger partial charge < -0.3 is 10.7 Å². The van der Waals surface area contributed by atoms with Crippen LogP contribution in [0.2, 0.25) is 0 Å². The molecule has 0 spiro atoms. The van der Waals surface area contributed by atoms with Crippen molar-refractivity contribution in [1.82, 2.24) is 9.97 Å². The number of aromatic nitrogens is 2. The Kier molecular flexibility index (Phi) is 2.85. The summed E-state index contributed by atoms with van der Waals surface area (Å²) in [6, 6.07) is 3.46. The van der Waals surface area contributed by atoms with E-state index in [4.69, 9.17) is 5.73 Å². The number of fused-ring (bicyclic) bond motifs is 1. The average Bonchev–Trinajstić information content (AvgIpc) is 2.53. The molecule has 3 nitrogen and oxygen atoms in total. The second kappa shape index (κ2) is 3.98. The van der Waals surface area contributed by atoms with E-state index < -0.39 is 17.3 Å². The first-order valence-corrected chi connectivity index (χ1v) is 5.50. The molecule has 0 aliphatic carbocycles. The van der Waals surface area contributed by atoms with E-state index in [1.54, 1.807) is 0 Å². The van der Waals surface area contributed by atoms with Gasteiger partial charge in [0.05, 0.1) is 16.6 Å². The first-order valence-electron chi connectivity index (χ1n) is 5.50. The molecule has 18 heavy (non-hydrogen) atoms. The van der Waals surface area contributed by atoms with E-state index in [1.807, 2.05) is 13.8 Å². The van der Waals surface area contributed by atoms with Crippen molar-refractivity contribution in [3.05, 3.63) is 29.6 Å². The molecule has 2 aromatic rings. The van der Waals surface area contributed by atoms with Crippen molar-refractivity contribution in [3.8, 4) is 0 Å². The van der Waals surface area contributed by atoms with Crippen molar-refractivity contribution < 1.29 is 13.2 Å². The molecule has 6 heteroatoms. The molecule has 0 unspecified atom stereocenters. The highest BCUT2D eigenvalue weighted by atomic mass is 19.4. The van der Waals surface area contributed by atoms with Gasteiger partial charge in [0.25, 0.3) is 0 Å². The van der Waals surface area contributed by atoms with Crippen LogP contribution in [0.25, 0.3) is 11.0 Å². The highest BCUT2D eigenvalue weighted by Gasteiger charge is 2.30. The number of aromatic amines is 1. The Morgan fingerprint density at radius 1 is 1.28 bits per heavy atom. The lowest BCUT2D eigenvalue weighted by atomic mass is 10.0. The van der Waals surface area contributed by atoms with Crippen molar-refractivity contribution in [2.24, 2.45) is 5.73 Å². The minimum atomic E-state index is -4.34. The van der Waals surface area contributed by atoms with E-state index in [0.717, 1.165) is 12.1 Å². The lowest BCUT2D eigenvalue weighted by Crippen LogP contribution is -2.34. The third-order valence-electron chi connectivity index (χ3n) is 2.48. The van der Waals surface area contributed by atoms with Crippen molar-refractivity contribution in [2.45, 2.75) is 32.0 Å². The number of nitrogens with zero attached hydrogens (tertiary/aromatic N) is 1. The molecule has 0 amide bonds. The molecule has 0 atom stereocenters. The van der Waals surface area contributed by atoms with Crippen LogP contribution >= 0.6 is 0 Å². The first-order chi connectivity index (χ1) is 8.15. The molecule has 0 bridgehead atoms. The van der Waals surface area contributed by atoms with E-state index in [9.17, 15) is 13.2 Å². The molecular weight excluding hydrogens is 243 g/mol. The molecule has 1 aromatic carbocycles. The predicted molar refractivity (Wildman–Crippen MR) is 63.1 cm³/mol. The Bertz CT molecular complexity index is 564. The quantitative estimate of drug-likeness (QED) is 0.869. The number of rotatable bonds is 2. The molecule has 0 aliphatic heterocycles. The molecule has 3 N–H and O–H groups in total. The Labute approximate surface area is 102 Å². The molecule has 0 saturated carbocycles. The molecular formula is C12H14F3N3. The number of H-pyrrole nitrogens is 1. The highest BCUT2D eigenvalue weighted by Crippen LogP contribution is 2.30. The Morgan fingerprint density at radius 2 is 1.94 bits per heavy atom. The summed E-state index contributed by atoms with van der Waals surface area (Å²) in [6.07, 6.45) is -3.87. The van der Waals surface area contributed by atoms with Crippen LogP contribution in [-0.2, 0) is 12.6 Å². The summed E-state index contributed by atoms with van der Waals surface area (Å²) in [7, 11) is 0. The normalized spacial score (nSPS) is 13.2. The van der Waals surface area contributed by atoms with Crippen molar-refractivity contribution >= 4 is 11.0 Å². The van der Waals surface area contributed by atoms with E-state index in [1.165, 1.54) is 6.07 Å². The standard InChI is InChI=1S/C12H14F3N3/c1-11(2,16)6-10-17-8-4-3-7(12(13,14)15)5-9(8)18-10/h3-5H,6,16H2,1-2H3,(H,17,18). The van der Waals surface area contributed by atoms with Crippen LogP contribution < -0.4 is 5.73 Å². The van der Waals surface area contributed by atoms with E-state index in [2.05, 4.69) is 9.97 Å². The number of nitrogens with one attached hydrogen (secondary N) is 1. The van der Waals surface area contributed by atoms with Crippen LogP contribution in [0, 0.1) is 0 Å². The summed E-state index contributed by atoms with van der Waals surface area (Å²) in [6.45, 7) is 3.67. The van der Waals surface area contributed by atoms with E-state index in [-0.39, 0.29) is 0 Å². The Balaban J connectivity index is 2.40. The van der Waals surface area contributed by atoms with Crippen molar-refractivity contribution in [1.29, 1.82) is 0 Å². The minimum absolute atomic E-state index is 0.379. The smallest absolute Gasteiger partial charge is 0.342 e. The van der Waals surface area contributed by atoms with Gasteiger partial charge in [-0.05, 0) is 32.0 Å². The predicted octanol–water partition coefficient (Wildman–Crippen LogP) is 2.86. The topological polar surface area (TPSA) is 54.7 Å². The maximum atomic E-state index is 12.5. The highest BCUT2D eigenvalue weighted by molar-refractivity contribution is 5.76. The molecule has 0 aliphatic rings. The maximum Gasteiger partial charge on any atom is 0.416 e. The zero-order chi connectivity index (χ0) is 13.6. The van der Waals surface area contributed by atoms with Gasteiger partial charge in [-0.3, -0.25) is 0 Å². The van der Waals surface area contributed by atoms with Gasteiger partial charge in [0.15, 0.2) is 0 Å². The lowest BCUT2D eigenvalue weighted by Gasteiger charge is -2.15. The molecule has 0 radical (unpaired) electrons. The van der Waals surface area contributed by atoms with Gasteiger partial charge in [0.1, 0.15) is 5.82 Å². The van der Waals surface area contributed by atoms with Crippen molar-refractivity contribution in [3.63, 3.8) is 0 Å². The first kappa shape index (κ1) is 12.9. The summed E-state index contributed by atoms with van der Waals surface area (Å²) in [4.78, 5) is 7.09. The van der Waals surface area contributed by atoms with Gasteiger partial charge in [-0.15, -0.1) is 0 Å². The Morgan fingerprint density at radius 3 is 2.50 bits per heavy atom. The molecule has 1 aromatic heterocycles. The average molecular weight is 257 g/mol. The van der Waals surface area contributed by atoms with Crippen LogP contribution in [0.4, 0.5) is 13.2 Å². The number of nitrogens with two attached hydrogens (primary N) is 1. The minimum Gasteiger partial charge on any atom is -0.342 e. The largest absolute Gasteiger partial charge is 0.416 e. The number of imidazole rings is 1. The summed E-state index contributed by atoms with van der Waals surface area (Å²) < 4.78 is 37.6. The molecule has 0 fully saturated rings. The monoisotopic (exact) mass is 257 g/mol. The number of hydrogen-bond donors (Lipinski definition) is 2. The lowest BCUT2D eigenvalue weighted by molar-refractivity contribution is -0.137. The number of halogens is 3. The van der Waals surface area contributed by atoms with Gasteiger partial charge in [-0.25, -0.2) is 4.98 Å². The fraction of sp³-hybridized carbons (Fsp3) is 0.417. The third kappa shape index (κ3) is 2.81. The summed E-state index contributed by atoms with van der Waals surface area (Å²) in [5.74, 6) is 0.594. The second-order valence-electron chi connectivity index (χ2n) is 5.08. The van der Waals surface area contributed by atoms with Crippen LogP contribution in [0.3, 0.4) is 0 Å². The van der Waals surface area contributed by atoms with Crippen LogP contribution in [-0.4, -0.2) is 15.5 Å². The van der Waals surface area contributed by atoms with Gasteiger partial charge >= 0.3 is 6.18 Å². The van der Waals surface area contributed by atoms with Gasteiger partial charge in [-0.2, -0.15) is 13.2 Å². The fourth-order valence-electron chi connectivity index (χ4n) is 1.75. The van der Waals surface area contributed by atoms with Gasteiger partial charge in [0, 0.05) is 12.0 Å². The maximum absolute atomic E-state index is 12.5. The van der Waals surface area contributed by atoms with Crippen LogP contribution in [0.5, 0.6) is 0 Å². The third-order valence-corrected chi connectivity index (χ3v) is 2.48. The Hall–Kier alpha value is -1.56. The number of hydrogen-bond acceptors (Lipinski definition) is 2. The molecule has 1 heterocycles. The van der Waals surface area contributed by atoms with Gasteiger partial charge in [-0.1, -0.05) is 0 Å².